The summed E-state index contributed by atoms with van der Waals surface area (Å²) in [5, 5.41) is 87.2. The van der Waals surface area contributed by atoms with Crippen molar-refractivity contribution < 1.29 is 64.6 Å². The Hall–Kier alpha value is -2.31. The molecule has 2 saturated heterocycles. The predicted octanol–water partition coefficient (Wildman–Crippen LogP) is 9.39. The molecule has 2 aliphatic heterocycles. The van der Waals surface area contributed by atoms with Gasteiger partial charge in [-0.25, -0.2) is 0 Å². The van der Waals surface area contributed by atoms with Gasteiger partial charge in [0.05, 0.1) is 32.0 Å². The van der Waals surface area contributed by atoms with Crippen LogP contribution in [-0.2, 0) is 23.7 Å². The topological polar surface area (TPSA) is 228 Å². The number of unbranched alkanes of at least 4 members (excludes halogenated alkanes) is 22. The summed E-state index contributed by atoms with van der Waals surface area (Å²) >= 11 is 0. The number of rotatable bonds is 45. The van der Waals surface area contributed by atoms with Gasteiger partial charge in [-0.2, -0.15) is 0 Å². The summed E-state index contributed by atoms with van der Waals surface area (Å²) in [7, 11) is 0. The standard InChI is InChI=1S/C59H105NO13/c1-3-5-7-9-11-13-15-17-19-21-22-23-24-25-27-28-30-32-34-36-38-40-42-48(63)47(60-51(64)43-41-39-37-35-33-31-29-26-20-18-16-14-12-10-8-6-4-2)46-70-58-56(69)54(67)57(50(45-62)72-58)73-59-55(68)53(66)52(65)49(44-61)71-59/h6,8,12,14,18,20,29,31,35,37,47-50,52-59,61-63,65-69H,3-5,7,9-11,13,15-17,19,21-28,30,32-34,36,38-46H2,1-2H3,(H,60,64)/b8-6-,14-12-,20-18-,31-29-,37-35-. The van der Waals surface area contributed by atoms with E-state index in [9.17, 15) is 45.6 Å². The fourth-order valence-corrected chi connectivity index (χ4v) is 9.33. The van der Waals surface area contributed by atoms with Crippen molar-refractivity contribution in [2.24, 2.45) is 0 Å². The number of ether oxygens (including phenoxy) is 4. The third kappa shape index (κ3) is 30.9. The van der Waals surface area contributed by atoms with Crippen LogP contribution in [0.4, 0.5) is 0 Å². The smallest absolute Gasteiger partial charge is 0.220 e. The quantitative estimate of drug-likeness (QED) is 0.0205. The predicted molar refractivity (Wildman–Crippen MR) is 290 cm³/mol. The summed E-state index contributed by atoms with van der Waals surface area (Å²) in [6, 6.07) is -0.861. The Morgan fingerprint density at radius 1 is 0.507 bits per heavy atom. The van der Waals surface area contributed by atoms with E-state index in [2.05, 4.69) is 79.9 Å². The molecule has 0 aliphatic carbocycles. The van der Waals surface area contributed by atoms with Gasteiger partial charge >= 0.3 is 0 Å². The summed E-state index contributed by atoms with van der Waals surface area (Å²) in [5.41, 5.74) is 0. The highest BCUT2D eigenvalue weighted by atomic mass is 16.7. The van der Waals surface area contributed by atoms with Crippen molar-refractivity contribution >= 4 is 5.91 Å². The van der Waals surface area contributed by atoms with Crippen molar-refractivity contribution in [3.63, 3.8) is 0 Å². The van der Waals surface area contributed by atoms with E-state index in [4.69, 9.17) is 18.9 Å². The lowest BCUT2D eigenvalue weighted by atomic mass is 9.97. The van der Waals surface area contributed by atoms with Crippen molar-refractivity contribution in [1.29, 1.82) is 0 Å². The Balaban J connectivity index is 1.79. The van der Waals surface area contributed by atoms with Crippen LogP contribution in [0.1, 0.15) is 213 Å². The second kappa shape index (κ2) is 44.8. The molecule has 2 rings (SSSR count). The molecule has 0 aromatic heterocycles. The van der Waals surface area contributed by atoms with Gasteiger partial charge in [0, 0.05) is 6.42 Å². The molecule has 0 spiro atoms. The molecule has 1 amide bonds. The number of hydrogen-bond donors (Lipinski definition) is 9. The van der Waals surface area contributed by atoms with Crippen LogP contribution in [0.25, 0.3) is 0 Å². The first kappa shape index (κ1) is 66.8. The highest BCUT2D eigenvalue weighted by Crippen LogP contribution is 2.30. The van der Waals surface area contributed by atoms with Gasteiger partial charge in [0.25, 0.3) is 0 Å². The number of carbonyl (C=O) groups excluding carboxylic acids is 1. The number of aliphatic hydroxyl groups excluding tert-OH is 8. The van der Waals surface area contributed by atoms with Crippen LogP contribution in [0, 0.1) is 0 Å². The summed E-state index contributed by atoms with van der Waals surface area (Å²) < 4.78 is 22.8. The van der Waals surface area contributed by atoms with E-state index in [1.165, 1.54) is 116 Å². The number of nitrogens with one attached hydrogen (secondary N) is 1. The molecule has 73 heavy (non-hydrogen) atoms. The maximum absolute atomic E-state index is 13.2. The number of hydrogen-bond acceptors (Lipinski definition) is 13. The second-order valence-corrected chi connectivity index (χ2v) is 20.4. The van der Waals surface area contributed by atoms with E-state index in [-0.39, 0.29) is 18.9 Å². The largest absolute Gasteiger partial charge is 0.394 e. The van der Waals surface area contributed by atoms with Crippen molar-refractivity contribution in [3.05, 3.63) is 60.8 Å². The normalized spacial score (nSPS) is 25.8. The van der Waals surface area contributed by atoms with Crippen LogP contribution >= 0.6 is 0 Å². The minimum atomic E-state index is -1.79. The zero-order valence-electron chi connectivity index (χ0n) is 45.4. The first-order chi connectivity index (χ1) is 35.6. The van der Waals surface area contributed by atoms with Gasteiger partial charge in [-0.05, 0) is 51.4 Å². The summed E-state index contributed by atoms with van der Waals surface area (Å²) in [6.07, 6.45) is 39.4. The molecule has 0 radical (unpaired) electrons. The molecule has 2 aliphatic rings. The first-order valence-corrected chi connectivity index (χ1v) is 29.0. The first-order valence-electron chi connectivity index (χ1n) is 29.0. The van der Waals surface area contributed by atoms with E-state index < -0.39 is 86.8 Å². The molecule has 2 heterocycles. The summed E-state index contributed by atoms with van der Waals surface area (Å²) in [4.78, 5) is 13.2. The van der Waals surface area contributed by atoms with Gasteiger partial charge in [0.15, 0.2) is 12.6 Å². The monoisotopic (exact) mass is 1040 g/mol. The van der Waals surface area contributed by atoms with Gasteiger partial charge in [-0.1, -0.05) is 216 Å². The number of amides is 1. The summed E-state index contributed by atoms with van der Waals surface area (Å²) in [5.74, 6) is -0.263. The van der Waals surface area contributed by atoms with Crippen LogP contribution in [0.2, 0.25) is 0 Å². The molecule has 14 heteroatoms. The van der Waals surface area contributed by atoms with Crippen LogP contribution in [-0.4, -0.2) is 140 Å². The maximum Gasteiger partial charge on any atom is 0.220 e. The van der Waals surface area contributed by atoms with E-state index in [1.807, 2.05) is 0 Å². The molecular formula is C59H105NO13. The minimum Gasteiger partial charge on any atom is -0.394 e. The average molecular weight is 1040 g/mol. The highest BCUT2D eigenvalue weighted by Gasteiger charge is 2.51. The third-order valence-corrected chi connectivity index (χ3v) is 14.0. The zero-order valence-corrected chi connectivity index (χ0v) is 45.4. The lowest BCUT2D eigenvalue weighted by Crippen LogP contribution is -2.65. The highest BCUT2D eigenvalue weighted by molar-refractivity contribution is 5.76. The van der Waals surface area contributed by atoms with Crippen molar-refractivity contribution in [3.8, 4) is 0 Å². The molecule has 14 nitrogen and oxygen atoms in total. The van der Waals surface area contributed by atoms with Crippen molar-refractivity contribution in [2.75, 3.05) is 19.8 Å². The number of allylic oxidation sites excluding steroid dienone is 10. The molecular weight excluding hydrogens is 931 g/mol. The van der Waals surface area contributed by atoms with E-state index >= 15 is 0 Å². The summed E-state index contributed by atoms with van der Waals surface area (Å²) in [6.45, 7) is 2.71. The molecule has 0 saturated carbocycles. The van der Waals surface area contributed by atoms with Gasteiger partial charge in [-0.3, -0.25) is 4.79 Å². The van der Waals surface area contributed by atoms with Crippen LogP contribution in [0.5, 0.6) is 0 Å². The van der Waals surface area contributed by atoms with Gasteiger partial charge in [0.1, 0.15) is 48.8 Å². The fraction of sp³-hybridized carbons (Fsp3) is 0.814. The minimum absolute atomic E-state index is 0.224. The van der Waals surface area contributed by atoms with Crippen LogP contribution in [0.3, 0.4) is 0 Å². The maximum atomic E-state index is 13.2. The Kier molecular flexibility index (Phi) is 41.0. The molecule has 2 fully saturated rings. The molecule has 0 aromatic rings. The molecule has 12 atom stereocenters. The number of carbonyl (C=O) groups is 1. The van der Waals surface area contributed by atoms with E-state index in [1.54, 1.807) is 0 Å². The Morgan fingerprint density at radius 3 is 1.40 bits per heavy atom. The van der Waals surface area contributed by atoms with Crippen molar-refractivity contribution in [1.82, 2.24) is 5.32 Å². The Labute approximate surface area is 441 Å². The Bertz CT molecular complexity index is 1450. The third-order valence-electron chi connectivity index (χ3n) is 14.0. The lowest BCUT2D eigenvalue weighted by molar-refractivity contribution is -0.359. The lowest BCUT2D eigenvalue weighted by Gasteiger charge is -2.46. The van der Waals surface area contributed by atoms with E-state index in [0.29, 0.717) is 19.3 Å². The van der Waals surface area contributed by atoms with Crippen LogP contribution < -0.4 is 5.32 Å². The second-order valence-electron chi connectivity index (χ2n) is 20.4. The fourth-order valence-electron chi connectivity index (χ4n) is 9.33. The Morgan fingerprint density at radius 2 is 0.932 bits per heavy atom. The SMILES string of the molecule is CC/C=C\C/C=C\C/C=C\C/C=C\C/C=C\CCCC(=O)NC(COC1OC(CO)C(OC2OC(CO)C(O)C(O)C2O)C(O)C1O)C(O)CCCCCCCCCCCCCCCCCCCCCCCC. The van der Waals surface area contributed by atoms with Crippen molar-refractivity contribution in [2.45, 2.75) is 286 Å². The zero-order chi connectivity index (χ0) is 53.2. The molecule has 0 aromatic carbocycles. The average Bonchev–Trinajstić information content (AvgIpc) is 3.39. The molecule has 0 bridgehead atoms. The van der Waals surface area contributed by atoms with E-state index in [0.717, 1.165) is 57.8 Å². The van der Waals surface area contributed by atoms with Crippen LogP contribution in [0.15, 0.2) is 60.8 Å². The number of aliphatic hydroxyl groups is 8. The van der Waals surface area contributed by atoms with Gasteiger partial charge in [-0.15, -0.1) is 0 Å². The van der Waals surface area contributed by atoms with Gasteiger partial charge < -0.3 is 65.1 Å². The molecule has 9 N–H and O–H groups in total. The molecule has 12 unspecified atom stereocenters. The van der Waals surface area contributed by atoms with Gasteiger partial charge in [0.2, 0.25) is 5.91 Å². The molecule has 424 valence electrons.